The van der Waals surface area contributed by atoms with Crippen molar-refractivity contribution >= 4 is 5.97 Å². The number of rotatable bonds is 2. The van der Waals surface area contributed by atoms with E-state index in [0.717, 1.165) is 0 Å². The average molecular weight is 230 g/mol. The van der Waals surface area contributed by atoms with E-state index in [2.05, 4.69) is 0 Å². The van der Waals surface area contributed by atoms with Gasteiger partial charge in [-0.25, -0.2) is 4.79 Å². The molecule has 0 heterocycles. The molecule has 0 aliphatic rings. The maximum atomic E-state index is 11.7. The van der Waals surface area contributed by atoms with Crippen molar-refractivity contribution in [3.05, 3.63) is 54.1 Å². The van der Waals surface area contributed by atoms with Gasteiger partial charge in [-0.05, 0) is 36.4 Å². The second-order valence-corrected chi connectivity index (χ2v) is 3.40. The number of phenols is 2. The number of hydrogen-bond donors (Lipinski definition) is 2. The van der Waals surface area contributed by atoms with Crippen LogP contribution in [0.1, 0.15) is 10.4 Å². The molecule has 0 aliphatic carbocycles. The molecule has 0 unspecified atom stereocenters. The third kappa shape index (κ3) is 2.55. The lowest BCUT2D eigenvalue weighted by Crippen LogP contribution is -2.08. The molecule has 0 atom stereocenters. The lowest BCUT2D eigenvalue weighted by Gasteiger charge is -2.05. The SMILES string of the molecule is O=C(Oc1ccccc1O)c1ccc(O)cc1. The molecule has 4 nitrogen and oxygen atoms in total. The molecule has 2 rings (SSSR count). The number of hydrogen-bond acceptors (Lipinski definition) is 4. The molecule has 0 spiro atoms. The third-order valence-electron chi connectivity index (χ3n) is 2.17. The van der Waals surface area contributed by atoms with Crippen LogP contribution in [-0.2, 0) is 0 Å². The van der Waals surface area contributed by atoms with Gasteiger partial charge >= 0.3 is 5.97 Å². The van der Waals surface area contributed by atoms with Crippen LogP contribution in [0.5, 0.6) is 17.2 Å². The quantitative estimate of drug-likeness (QED) is 0.613. The van der Waals surface area contributed by atoms with Crippen LogP contribution in [0.25, 0.3) is 0 Å². The standard InChI is InChI=1S/C13H10O4/c14-10-7-5-9(6-8-10)13(16)17-12-4-2-1-3-11(12)15/h1-8,14-15H. The van der Waals surface area contributed by atoms with Crippen molar-refractivity contribution in [2.45, 2.75) is 0 Å². The van der Waals surface area contributed by atoms with Gasteiger partial charge in [0.1, 0.15) is 5.75 Å². The van der Waals surface area contributed by atoms with E-state index >= 15 is 0 Å². The highest BCUT2D eigenvalue weighted by molar-refractivity contribution is 5.91. The second-order valence-electron chi connectivity index (χ2n) is 3.40. The van der Waals surface area contributed by atoms with Crippen molar-refractivity contribution < 1.29 is 19.7 Å². The Morgan fingerprint density at radius 2 is 1.59 bits per heavy atom. The number of para-hydroxylation sites is 2. The molecule has 0 aromatic heterocycles. The van der Waals surface area contributed by atoms with Crippen LogP contribution in [0.15, 0.2) is 48.5 Å². The van der Waals surface area contributed by atoms with Crippen LogP contribution in [0.4, 0.5) is 0 Å². The van der Waals surface area contributed by atoms with Crippen LogP contribution in [0, 0.1) is 0 Å². The maximum absolute atomic E-state index is 11.7. The largest absolute Gasteiger partial charge is 0.508 e. The van der Waals surface area contributed by atoms with Crippen LogP contribution >= 0.6 is 0 Å². The van der Waals surface area contributed by atoms with E-state index in [0.29, 0.717) is 5.56 Å². The van der Waals surface area contributed by atoms with Crippen LogP contribution in [0.3, 0.4) is 0 Å². The van der Waals surface area contributed by atoms with Crippen LogP contribution < -0.4 is 4.74 Å². The molecule has 2 aromatic rings. The summed E-state index contributed by atoms with van der Waals surface area (Å²) in [5.41, 5.74) is 0.297. The Morgan fingerprint density at radius 3 is 2.24 bits per heavy atom. The van der Waals surface area contributed by atoms with Gasteiger partial charge in [-0.1, -0.05) is 12.1 Å². The lowest BCUT2D eigenvalue weighted by molar-refractivity contribution is 0.0729. The van der Waals surface area contributed by atoms with Crippen LogP contribution in [0.2, 0.25) is 0 Å². The first-order valence-electron chi connectivity index (χ1n) is 4.96. The Morgan fingerprint density at radius 1 is 0.941 bits per heavy atom. The van der Waals surface area contributed by atoms with Crippen LogP contribution in [-0.4, -0.2) is 16.2 Å². The van der Waals surface area contributed by atoms with E-state index in [1.807, 2.05) is 0 Å². The third-order valence-corrected chi connectivity index (χ3v) is 2.17. The Balaban J connectivity index is 2.17. The summed E-state index contributed by atoms with van der Waals surface area (Å²) < 4.78 is 5.00. The fraction of sp³-hybridized carbons (Fsp3) is 0. The Kier molecular flexibility index (Phi) is 2.96. The molecule has 0 bridgehead atoms. The van der Waals surface area contributed by atoms with Gasteiger partial charge in [0, 0.05) is 0 Å². The van der Waals surface area contributed by atoms with Crippen molar-refractivity contribution in [2.24, 2.45) is 0 Å². The van der Waals surface area contributed by atoms with Gasteiger partial charge in [0.25, 0.3) is 0 Å². The highest BCUT2D eigenvalue weighted by Gasteiger charge is 2.10. The Hall–Kier alpha value is -2.49. The van der Waals surface area contributed by atoms with Crippen molar-refractivity contribution in [2.75, 3.05) is 0 Å². The van der Waals surface area contributed by atoms with Crippen molar-refractivity contribution in [1.29, 1.82) is 0 Å². The predicted octanol–water partition coefficient (Wildman–Crippen LogP) is 2.32. The van der Waals surface area contributed by atoms with Gasteiger partial charge in [0.2, 0.25) is 0 Å². The summed E-state index contributed by atoms with van der Waals surface area (Å²) in [4.78, 5) is 11.7. The summed E-state index contributed by atoms with van der Waals surface area (Å²) in [5.74, 6) is -0.513. The summed E-state index contributed by atoms with van der Waals surface area (Å²) in [6, 6.07) is 11.9. The first kappa shape index (κ1) is 11.0. The highest BCUT2D eigenvalue weighted by atomic mass is 16.5. The van der Waals surface area contributed by atoms with Gasteiger partial charge in [0.15, 0.2) is 11.5 Å². The summed E-state index contributed by atoms with van der Waals surface area (Å²) in [7, 11) is 0. The molecule has 0 saturated heterocycles. The molecular weight excluding hydrogens is 220 g/mol. The molecule has 0 radical (unpaired) electrons. The molecule has 2 aromatic carbocycles. The normalized spacial score (nSPS) is 9.88. The number of carbonyl (C=O) groups excluding carboxylic acids is 1. The Bertz CT molecular complexity index is 531. The molecular formula is C13H10O4. The van der Waals surface area contributed by atoms with Gasteiger partial charge < -0.3 is 14.9 Å². The molecule has 0 aliphatic heterocycles. The van der Waals surface area contributed by atoms with Gasteiger partial charge in [0.05, 0.1) is 5.56 Å². The van der Waals surface area contributed by atoms with E-state index in [-0.39, 0.29) is 17.2 Å². The number of benzene rings is 2. The minimum atomic E-state index is -0.591. The smallest absolute Gasteiger partial charge is 0.343 e. The van der Waals surface area contributed by atoms with Crippen molar-refractivity contribution in [3.8, 4) is 17.2 Å². The molecule has 17 heavy (non-hydrogen) atoms. The number of aromatic hydroxyl groups is 2. The molecule has 0 fully saturated rings. The fourth-order valence-corrected chi connectivity index (χ4v) is 1.30. The van der Waals surface area contributed by atoms with E-state index in [9.17, 15) is 9.90 Å². The van der Waals surface area contributed by atoms with E-state index < -0.39 is 5.97 Å². The maximum Gasteiger partial charge on any atom is 0.343 e. The van der Waals surface area contributed by atoms with Gasteiger partial charge in [-0.3, -0.25) is 0 Å². The summed E-state index contributed by atoms with van der Waals surface area (Å²) in [6.07, 6.45) is 0. The highest BCUT2D eigenvalue weighted by Crippen LogP contribution is 2.25. The zero-order valence-electron chi connectivity index (χ0n) is 8.83. The first-order chi connectivity index (χ1) is 8.16. The number of ether oxygens (including phenoxy) is 1. The number of esters is 1. The van der Waals surface area contributed by atoms with Gasteiger partial charge in [-0.2, -0.15) is 0 Å². The number of carbonyl (C=O) groups is 1. The predicted molar refractivity (Wildman–Crippen MR) is 61.2 cm³/mol. The lowest BCUT2D eigenvalue weighted by atomic mass is 10.2. The van der Waals surface area contributed by atoms with E-state index in [4.69, 9.17) is 9.84 Å². The van der Waals surface area contributed by atoms with Crippen molar-refractivity contribution in [1.82, 2.24) is 0 Å². The molecule has 0 saturated carbocycles. The monoisotopic (exact) mass is 230 g/mol. The fourth-order valence-electron chi connectivity index (χ4n) is 1.30. The number of phenolic OH excluding ortho intramolecular Hbond substituents is 2. The van der Waals surface area contributed by atoms with E-state index in [1.54, 1.807) is 12.1 Å². The molecule has 4 heteroatoms. The Labute approximate surface area is 97.7 Å². The molecule has 2 N–H and O–H groups in total. The summed E-state index contributed by atoms with van der Waals surface area (Å²) in [6.45, 7) is 0. The zero-order chi connectivity index (χ0) is 12.3. The molecule has 86 valence electrons. The zero-order valence-corrected chi connectivity index (χ0v) is 8.83. The minimum Gasteiger partial charge on any atom is -0.508 e. The molecule has 0 amide bonds. The van der Waals surface area contributed by atoms with E-state index in [1.165, 1.54) is 36.4 Å². The van der Waals surface area contributed by atoms with Crippen molar-refractivity contribution in [3.63, 3.8) is 0 Å². The minimum absolute atomic E-state index is 0.0732. The van der Waals surface area contributed by atoms with Gasteiger partial charge in [-0.15, -0.1) is 0 Å². The summed E-state index contributed by atoms with van der Waals surface area (Å²) >= 11 is 0. The topological polar surface area (TPSA) is 66.8 Å². The average Bonchev–Trinajstić information content (AvgIpc) is 2.33. The first-order valence-corrected chi connectivity index (χ1v) is 4.96. The summed E-state index contributed by atoms with van der Waals surface area (Å²) in [5, 5.41) is 18.5. The second kappa shape index (κ2) is 4.57.